The first-order chi connectivity index (χ1) is 22.6. The number of benzene rings is 7. The van der Waals surface area contributed by atoms with Gasteiger partial charge in [-0.3, -0.25) is 0 Å². The summed E-state index contributed by atoms with van der Waals surface area (Å²) in [6.45, 7) is 4.99. The van der Waals surface area contributed by atoms with E-state index in [-0.39, 0.29) is 0 Å². The van der Waals surface area contributed by atoms with E-state index >= 15 is 0 Å². The number of hydrogen-bond acceptors (Lipinski definition) is 3. The number of fused-ring (bicyclic) bond motifs is 12. The van der Waals surface area contributed by atoms with E-state index in [2.05, 4.69) is 158 Å². The third-order valence-electron chi connectivity index (χ3n) is 10.0. The number of hydrogen-bond donors (Lipinski definition) is 0. The maximum absolute atomic E-state index is 2.50. The lowest BCUT2D eigenvalue weighted by molar-refractivity contribution is 1.29. The number of nitrogens with zero attached hydrogens (tertiary/aromatic N) is 1. The van der Waals surface area contributed by atoms with Crippen LogP contribution in [0.3, 0.4) is 0 Å². The summed E-state index contributed by atoms with van der Waals surface area (Å²) in [5.41, 5.74) is 6.41. The topological polar surface area (TPSA) is 3.24 Å². The van der Waals surface area contributed by atoms with Crippen molar-refractivity contribution in [3.63, 3.8) is 0 Å². The van der Waals surface area contributed by atoms with Crippen LogP contribution in [-0.2, 0) is 0 Å². The zero-order valence-electron chi connectivity index (χ0n) is 25.5. The zero-order chi connectivity index (χ0) is 30.6. The second kappa shape index (κ2) is 9.63. The number of para-hydroxylation sites is 1. The standard InChI is InChI=1S/C42H29NS2Si/c1-46(2)38-15-9-8-14-31(38)32-20-17-29(25-39(32)46)43(27-11-4-3-5-12-27)28-18-22-36-35(24-28)40-37(44-36)23-21-34-33-19-16-26-10-6-7-13-30(26)41(33)45-42(34)40/h3-25H,1-2H3. The molecule has 1 nitrogen and oxygen atoms in total. The second-order valence-electron chi connectivity index (χ2n) is 12.9. The fraction of sp³-hybridized carbons (Fsp3) is 0.0476. The van der Waals surface area contributed by atoms with Crippen LogP contribution in [0.15, 0.2) is 140 Å². The molecule has 46 heavy (non-hydrogen) atoms. The van der Waals surface area contributed by atoms with Crippen LogP contribution in [-0.4, -0.2) is 8.07 Å². The summed E-state index contributed by atoms with van der Waals surface area (Å²) >= 11 is 3.86. The molecule has 3 heterocycles. The Morgan fingerprint density at radius 2 is 1.15 bits per heavy atom. The molecule has 0 N–H and O–H groups in total. The quantitative estimate of drug-likeness (QED) is 0.174. The van der Waals surface area contributed by atoms with Crippen molar-refractivity contribution >= 4 is 109 Å². The highest BCUT2D eigenvalue weighted by atomic mass is 32.1. The molecule has 0 unspecified atom stereocenters. The SMILES string of the molecule is C[Si]1(C)c2ccccc2-c2ccc(N(c3ccccc3)c3ccc4sc5ccc6c7ccc8ccccc8c7sc6c5c4c3)cc21. The van der Waals surface area contributed by atoms with Gasteiger partial charge in [-0.1, -0.05) is 104 Å². The van der Waals surface area contributed by atoms with Crippen molar-refractivity contribution in [3.05, 3.63) is 140 Å². The maximum Gasteiger partial charge on any atom is 0.113 e. The molecule has 0 radical (unpaired) electrons. The van der Waals surface area contributed by atoms with Crippen molar-refractivity contribution in [1.29, 1.82) is 0 Å². The van der Waals surface area contributed by atoms with Gasteiger partial charge in [-0.25, -0.2) is 0 Å². The summed E-state index contributed by atoms with van der Waals surface area (Å²) in [4.78, 5) is 2.45. The van der Waals surface area contributed by atoms with Gasteiger partial charge in [0.1, 0.15) is 8.07 Å². The van der Waals surface area contributed by atoms with Gasteiger partial charge < -0.3 is 4.90 Å². The Morgan fingerprint density at radius 3 is 2.07 bits per heavy atom. The Labute approximate surface area is 276 Å². The third-order valence-corrected chi connectivity index (χ3v) is 16.0. The van der Waals surface area contributed by atoms with Crippen LogP contribution >= 0.6 is 22.7 Å². The third kappa shape index (κ3) is 3.66. The number of anilines is 3. The molecular formula is C42H29NS2Si. The molecule has 0 aliphatic carbocycles. The van der Waals surface area contributed by atoms with E-state index in [1.165, 1.54) is 84.5 Å². The van der Waals surface area contributed by atoms with E-state index in [9.17, 15) is 0 Å². The van der Waals surface area contributed by atoms with E-state index in [0.717, 1.165) is 0 Å². The highest BCUT2D eigenvalue weighted by Crippen LogP contribution is 2.47. The first kappa shape index (κ1) is 26.5. The van der Waals surface area contributed by atoms with Gasteiger partial charge in [-0.15, -0.1) is 22.7 Å². The van der Waals surface area contributed by atoms with Gasteiger partial charge >= 0.3 is 0 Å². The Morgan fingerprint density at radius 1 is 0.457 bits per heavy atom. The Hall–Kier alpha value is -4.74. The van der Waals surface area contributed by atoms with Crippen LogP contribution in [0.4, 0.5) is 17.1 Å². The Bertz CT molecular complexity index is 2680. The van der Waals surface area contributed by atoms with Crippen LogP contribution in [0, 0.1) is 0 Å². The van der Waals surface area contributed by atoms with Gasteiger partial charge in [0.25, 0.3) is 0 Å². The molecule has 0 saturated heterocycles. The average Bonchev–Trinajstić information content (AvgIpc) is 3.73. The molecule has 9 aromatic rings. The minimum atomic E-state index is -1.82. The summed E-state index contributed by atoms with van der Waals surface area (Å²) in [6.07, 6.45) is 0. The molecule has 0 spiro atoms. The van der Waals surface area contributed by atoms with Gasteiger partial charge in [-0.05, 0) is 80.8 Å². The first-order valence-electron chi connectivity index (χ1n) is 15.9. The van der Waals surface area contributed by atoms with E-state index < -0.39 is 8.07 Å². The van der Waals surface area contributed by atoms with Crippen molar-refractivity contribution in [2.75, 3.05) is 4.90 Å². The van der Waals surface area contributed by atoms with Crippen LogP contribution in [0.5, 0.6) is 0 Å². The lowest BCUT2D eigenvalue weighted by Crippen LogP contribution is -2.49. The van der Waals surface area contributed by atoms with Crippen molar-refractivity contribution < 1.29 is 0 Å². The largest absolute Gasteiger partial charge is 0.310 e. The van der Waals surface area contributed by atoms with Gasteiger partial charge in [0.05, 0.1) is 0 Å². The summed E-state index contributed by atoms with van der Waals surface area (Å²) < 4.78 is 5.46. The summed E-state index contributed by atoms with van der Waals surface area (Å²) in [5, 5.41) is 11.1. The lowest BCUT2D eigenvalue weighted by atomic mass is 10.0. The molecule has 0 fully saturated rings. The monoisotopic (exact) mass is 639 g/mol. The zero-order valence-corrected chi connectivity index (χ0v) is 28.2. The van der Waals surface area contributed by atoms with Gasteiger partial charge in [0.15, 0.2) is 0 Å². The Kier molecular flexibility index (Phi) is 5.54. The molecule has 10 rings (SSSR count). The Balaban J connectivity index is 1.21. The molecule has 4 heteroatoms. The molecule has 2 aromatic heterocycles. The van der Waals surface area contributed by atoms with Crippen molar-refractivity contribution in [1.82, 2.24) is 0 Å². The van der Waals surface area contributed by atoms with E-state index in [4.69, 9.17) is 0 Å². The van der Waals surface area contributed by atoms with Crippen LogP contribution < -0.4 is 15.3 Å². The van der Waals surface area contributed by atoms with Crippen molar-refractivity contribution in [2.45, 2.75) is 13.1 Å². The summed E-state index contributed by atoms with van der Waals surface area (Å²) in [7, 11) is -1.82. The number of rotatable bonds is 3. The highest BCUT2D eigenvalue weighted by molar-refractivity contribution is 7.30. The average molecular weight is 640 g/mol. The molecule has 1 aliphatic rings. The minimum Gasteiger partial charge on any atom is -0.310 e. The van der Waals surface area contributed by atoms with Crippen LogP contribution in [0.25, 0.3) is 62.2 Å². The van der Waals surface area contributed by atoms with Gasteiger partial charge in [-0.2, -0.15) is 0 Å². The highest BCUT2D eigenvalue weighted by Gasteiger charge is 2.37. The van der Waals surface area contributed by atoms with E-state index in [0.29, 0.717) is 0 Å². The van der Waals surface area contributed by atoms with Gasteiger partial charge in [0.2, 0.25) is 0 Å². The summed E-state index contributed by atoms with van der Waals surface area (Å²) in [5.74, 6) is 0. The molecule has 0 amide bonds. The lowest BCUT2D eigenvalue weighted by Gasteiger charge is -2.27. The molecule has 0 saturated carbocycles. The van der Waals surface area contributed by atoms with Crippen LogP contribution in [0.2, 0.25) is 13.1 Å². The fourth-order valence-electron chi connectivity index (χ4n) is 7.81. The molecular weight excluding hydrogens is 611 g/mol. The second-order valence-corrected chi connectivity index (χ2v) is 19.4. The minimum absolute atomic E-state index is 1.18. The number of thiophene rings is 2. The van der Waals surface area contributed by atoms with Crippen LogP contribution in [0.1, 0.15) is 0 Å². The molecule has 0 bridgehead atoms. The molecule has 218 valence electrons. The van der Waals surface area contributed by atoms with Crippen molar-refractivity contribution in [3.8, 4) is 11.1 Å². The van der Waals surface area contributed by atoms with E-state index in [1.807, 2.05) is 22.7 Å². The maximum atomic E-state index is 2.50. The fourth-order valence-corrected chi connectivity index (χ4v) is 13.5. The first-order valence-corrected chi connectivity index (χ1v) is 20.5. The summed E-state index contributed by atoms with van der Waals surface area (Å²) in [6, 6.07) is 52.2. The van der Waals surface area contributed by atoms with Crippen molar-refractivity contribution in [2.24, 2.45) is 0 Å². The molecule has 7 aromatic carbocycles. The predicted molar refractivity (Wildman–Crippen MR) is 207 cm³/mol. The predicted octanol–water partition coefficient (Wildman–Crippen LogP) is 11.8. The van der Waals surface area contributed by atoms with E-state index in [1.54, 1.807) is 5.19 Å². The molecule has 1 aliphatic heterocycles. The normalized spacial score (nSPS) is 13.6. The van der Waals surface area contributed by atoms with Gasteiger partial charge in [0, 0.05) is 57.4 Å². The smallest absolute Gasteiger partial charge is 0.113 e. The molecule has 0 atom stereocenters.